The molecule has 1 fully saturated rings. The molecule has 11 heteroatoms. The Labute approximate surface area is 158 Å². The van der Waals surface area contributed by atoms with Crippen molar-refractivity contribution in [3.8, 4) is 11.5 Å². The minimum atomic E-state index is -4.04. The van der Waals surface area contributed by atoms with Crippen LogP contribution >= 0.6 is 12.4 Å². The van der Waals surface area contributed by atoms with Gasteiger partial charge in [-0.25, -0.2) is 8.42 Å². The molecular formula is C15H22ClN3O6S. The fraction of sp³-hybridized carbons (Fsp3) is 0.600. The molecule has 1 aromatic carbocycles. The van der Waals surface area contributed by atoms with Crippen LogP contribution < -0.4 is 14.8 Å². The van der Waals surface area contributed by atoms with Crippen molar-refractivity contribution in [2.75, 3.05) is 32.8 Å². The number of nitrogens with zero attached hydrogens (tertiary/aromatic N) is 2. The molecule has 146 valence electrons. The maximum absolute atomic E-state index is 13.2. The van der Waals surface area contributed by atoms with Crippen LogP contribution in [0.4, 0.5) is 5.69 Å². The highest BCUT2D eigenvalue weighted by Gasteiger charge is 2.38. The predicted octanol–water partition coefficient (Wildman–Crippen LogP) is 1.55. The Kier molecular flexibility index (Phi) is 6.67. The van der Waals surface area contributed by atoms with Gasteiger partial charge in [0.15, 0.2) is 16.4 Å². The van der Waals surface area contributed by atoms with E-state index in [1.54, 1.807) is 0 Å². The van der Waals surface area contributed by atoms with Crippen molar-refractivity contribution in [1.29, 1.82) is 0 Å². The number of ether oxygens (including phenoxy) is 2. The summed E-state index contributed by atoms with van der Waals surface area (Å²) in [5, 5.41) is 14.6. The molecule has 2 heterocycles. The van der Waals surface area contributed by atoms with E-state index in [1.165, 1.54) is 10.4 Å². The van der Waals surface area contributed by atoms with Gasteiger partial charge in [0.2, 0.25) is 10.0 Å². The normalized spacial score (nSPS) is 19.2. The molecule has 9 nitrogen and oxygen atoms in total. The zero-order chi connectivity index (χ0) is 18.0. The minimum absolute atomic E-state index is 0. The van der Waals surface area contributed by atoms with Crippen molar-refractivity contribution < 1.29 is 22.8 Å². The molecular weight excluding hydrogens is 386 g/mol. The first kappa shape index (κ1) is 20.7. The van der Waals surface area contributed by atoms with Gasteiger partial charge in [-0.05, 0) is 19.4 Å². The van der Waals surface area contributed by atoms with Crippen LogP contribution in [0.1, 0.15) is 19.8 Å². The van der Waals surface area contributed by atoms with Gasteiger partial charge in [0.05, 0.1) is 11.0 Å². The summed E-state index contributed by atoms with van der Waals surface area (Å²) in [6, 6.07) is 2.14. The van der Waals surface area contributed by atoms with Crippen molar-refractivity contribution in [2.45, 2.75) is 30.7 Å². The molecule has 0 aromatic heterocycles. The number of nitro groups is 1. The van der Waals surface area contributed by atoms with Crippen LogP contribution in [0, 0.1) is 10.1 Å². The molecule has 26 heavy (non-hydrogen) atoms. The molecule has 1 saturated heterocycles. The van der Waals surface area contributed by atoms with Gasteiger partial charge in [0.1, 0.15) is 13.2 Å². The van der Waals surface area contributed by atoms with Crippen molar-refractivity contribution in [2.24, 2.45) is 0 Å². The third kappa shape index (κ3) is 3.88. The molecule has 2 aliphatic heterocycles. The molecule has 1 aromatic rings. The second-order valence-corrected chi connectivity index (χ2v) is 7.84. The van der Waals surface area contributed by atoms with Gasteiger partial charge in [-0.2, -0.15) is 4.31 Å². The number of rotatable bonds is 6. The molecule has 0 spiro atoms. The highest BCUT2D eigenvalue weighted by molar-refractivity contribution is 7.89. The van der Waals surface area contributed by atoms with Crippen molar-refractivity contribution >= 4 is 28.1 Å². The van der Waals surface area contributed by atoms with Crippen molar-refractivity contribution in [3.05, 3.63) is 22.2 Å². The van der Waals surface area contributed by atoms with Crippen LogP contribution in [0.3, 0.4) is 0 Å². The summed E-state index contributed by atoms with van der Waals surface area (Å²) in [5.74, 6) is 0.415. The molecule has 2 aliphatic rings. The van der Waals surface area contributed by atoms with E-state index in [4.69, 9.17) is 9.47 Å². The van der Waals surface area contributed by atoms with Crippen LogP contribution in [0.5, 0.6) is 11.5 Å². The SMILES string of the molecule is CCCN(C1CCNC1)S(=O)(=O)c1cc2c(cc1[N+](=O)[O-])OCCO2.Cl. The number of benzene rings is 1. The highest BCUT2D eigenvalue weighted by Crippen LogP contribution is 2.40. The van der Waals surface area contributed by atoms with E-state index in [0.29, 0.717) is 25.9 Å². The molecule has 0 aliphatic carbocycles. The molecule has 3 rings (SSSR count). The zero-order valence-corrected chi connectivity index (χ0v) is 16.0. The third-order valence-electron chi connectivity index (χ3n) is 4.29. The van der Waals surface area contributed by atoms with Crippen LogP contribution in [0.15, 0.2) is 17.0 Å². The number of nitrogens with one attached hydrogen (secondary N) is 1. The largest absolute Gasteiger partial charge is 0.486 e. The third-order valence-corrected chi connectivity index (χ3v) is 6.27. The van der Waals surface area contributed by atoms with Gasteiger partial charge in [-0.1, -0.05) is 6.92 Å². The van der Waals surface area contributed by atoms with Crippen molar-refractivity contribution in [3.63, 3.8) is 0 Å². The molecule has 0 bridgehead atoms. The van der Waals surface area contributed by atoms with Crippen LogP contribution in [-0.2, 0) is 10.0 Å². The Morgan fingerprint density at radius 2 is 1.96 bits per heavy atom. The molecule has 0 amide bonds. The molecule has 0 radical (unpaired) electrons. The predicted molar refractivity (Wildman–Crippen MR) is 96.8 cm³/mol. The van der Waals surface area contributed by atoms with Gasteiger partial charge in [-0.15, -0.1) is 12.4 Å². The van der Waals surface area contributed by atoms with Crippen LogP contribution in [-0.4, -0.2) is 56.5 Å². The smallest absolute Gasteiger partial charge is 0.293 e. The molecule has 1 N–H and O–H groups in total. The average molecular weight is 408 g/mol. The van der Waals surface area contributed by atoms with Gasteiger partial charge in [0, 0.05) is 25.2 Å². The first-order chi connectivity index (χ1) is 11.9. The fourth-order valence-electron chi connectivity index (χ4n) is 3.14. The summed E-state index contributed by atoms with van der Waals surface area (Å²) in [5.41, 5.74) is -0.490. The van der Waals surface area contributed by atoms with Crippen LogP contribution in [0.2, 0.25) is 0 Å². The maximum Gasteiger partial charge on any atom is 0.293 e. The van der Waals surface area contributed by atoms with E-state index in [-0.39, 0.29) is 48.1 Å². The highest BCUT2D eigenvalue weighted by atomic mass is 35.5. The van der Waals surface area contributed by atoms with E-state index in [2.05, 4.69) is 5.32 Å². The van der Waals surface area contributed by atoms with E-state index in [0.717, 1.165) is 12.6 Å². The van der Waals surface area contributed by atoms with Gasteiger partial charge >= 0.3 is 0 Å². The van der Waals surface area contributed by atoms with Gasteiger partial charge in [-0.3, -0.25) is 10.1 Å². The van der Waals surface area contributed by atoms with E-state index in [1.807, 2.05) is 6.92 Å². The topological polar surface area (TPSA) is 111 Å². The summed E-state index contributed by atoms with van der Waals surface area (Å²) < 4.78 is 38.6. The van der Waals surface area contributed by atoms with Gasteiger partial charge < -0.3 is 14.8 Å². The Bertz CT molecular complexity index is 767. The number of sulfonamides is 1. The standard InChI is InChI=1S/C15H21N3O6S.ClH/c1-2-5-17(11-3-4-16-10-11)25(21,22)15-9-14-13(23-6-7-24-14)8-12(15)18(19)20;/h8-9,11,16H,2-7,10H2,1H3;1H. The maximum atomic E-state index is 13.2. The minimum Gasteiger partial charge on any atom is -0.486 e. The number of halogens is 1. The summed E-state index contributed by atoms with van der Waals surface area (Å²) >= 11 is 0. The summed E-state index contributed by atoms with van der Waals surface area (Å²) in [6.45, 7) is 3.99. The monoisotopic (exact) mass is 407 g/mol. The summed E-state index contributed by atoms with van der Waals surface area (Å²) in [4.78, 5) is 10.4. The van der Waals surface area contributed by atoms with Crippen LogP contribution in [0.25, 0.3) is 0 Å². The van der Waals surface area contributed by atoms with Gasteiger partial charge in [0.25, 0.3) is 5.69 Å². The Morgan fingerprint density at radius 1 is 1.31 bits per heavy atom. The van der Waals surface area contributed by atoms with E-state index in [9.17, 15) is 18.5 Å². The molecule has 0 saturated carbocycles. The number of fused-ring (bicyclic) bond motifs is 1. The average Bonchev–Trinajstić information content (AvgIpc) is 3.12. The van der Waals surface area contributed by atoms with Crippen molar-refractivity contribution in [1.82, 2.24) is 9.62 Å². The first-order valence-electron chi connectivity index (χ1n) is 8.25. The molecule has 1 unspecified atom stereocenters. The lowest BCUT2D eigenvalue weighted by molar-refractivity contribution is -0.388. The zero-order valence-electron chi connectivity index (χ0n) is 14.3. The fourth-order valence-corrected chi connectivity index (χ4v) is 5.04. The summed E-state index contributed by atoms with van der Waals surface area (Å²) in [7, 11) is -4.04. The Morgan fingerprint density at radius 3 is 2.50 bits per heavy atom. The summed E-state index contributed by atoms with van der Waals surface area (Å²) in [6.07, 6.45) is 1.30. The second-order valence-electron chi connectivity index (χ2n) is 5.98. The number of hydrogen-bond acceptors (Lipinski definition) is 7. The Balaban J connectivity index is 0.00000243. The van der Waals surface area contributed by atoms with E-state index < -0.39 is 20.6 Å². The second kappa shape index (κ2) is 8.38. The molecule has 1 atom stereocenters. The number of hydrogen-bond donors (Lipinski definition) is 1. The lowest BCUT2D eigenvalue weighted by atomic mass is 10.2. The lowest BCUT2D eigenvalue weighted by Gasteiger charge is -2.27. The number of nitro benzene ring substituents is 1. The van der Waals surface area contributed by atoms with E-state index >= 15 is 0 Å². The lowest BCUT2D eigenvalue weighted by Crippen LogP contribution is -2.42. The Hall–Kier alpha value is -1.62. The first-order valence-corrected chi connectivity index (χ1v) is 9.69. The quantitative estimate of drug-likeness (QED) is 0.562.